The fourth-order valence-electron chi connectivity index (χ4n) is 2.88. The Morgan fingerprint density at radius 2 is 1.86 bits per heavy atom. The van der Waals surface area contributed by atoms with Gasteiger partial charge in [-0.2, -0.15) is 0 Å². The first-order valence-corrected chi connectivity index (χ1v) is 9.11. The third-order valence-electron chi connectivity index (χ3n) is 4.44. The van der Waals surface area contributed by atoms with Gasteiger partial charge in [0.05, 0.1) is 16.1 Å². The quantitative estimate of drug-likeness (QED) is 0.323. The Balaban J connectivity index is 1.51. The van der Waals surface area contributed by atoms with Gasteiger partial charge in [0.1, 0.15) is 0 Å². The molecule has 0 bridgehead atoms. The minimum absolute atomic E-state index is 0.0196. The molecule has 3 rings (SSSR count). The summed E-state index contributed by atoms with van der Waals surface area (Å²) in [7, 11) is 0. The van der Waals surface area contributed by atoms with Gasteiger partial charge in [-0.25, -0.2) is 4.79 Å². The molecular formula is C19H17ClN4O5. The van der Waals surface area contributed by atoms with Gasteiger partial charge < -0.3 is 10.6 Å². The van der Waals surface area contributed by atoms with Gasteiger partial charge in [-0.05, 0) is 37.1 Å². The van der Waals surface area contributed by atoms with E-state index in [-0.39, 0.29) is 29.9 Å². The first-order chi connectivity index (χ1) is 13.8. The average Bonchev–Trinajstić information content (AvgIpc) is 2.92. The topological polar surface area (TPSA) is 122 Å². The summed E-state index contributed by atoms with van der Waals surface area (Å²) < 4.78 is 0. The minimum Gasteiger partial charge on any atom is -0.338 e. The summed E-state index contributed by atoms with van der Waals surface area (Å²) in [5.74, 6) is -1.08. The van der Waals surface area contributed by atoms with Crippen molar-refractivity contribution in [2.45, 2.75) is 13.3 Å². The number of hydrogen-bond donors (Lipinski definition) is 2. The molecule has 0 unspecified atom stereocenters. The van der Waals surface area contributed by atoms with E-state index in [2.05, 4.69) is 10.6 Å². The fourth-order valence-corrected chi connectivity index (χ4v) is 3.06. The number of nitro groups is 1. The number of nitro benzene ring substituents is 1. The van der Waals surface area contributed by atoms with E-state index in [1.165, 1.54) is 12.1 Å². The third-order valence-corrected chi connectivity index (χ3v) is 4.85. The molecule has 2 aromatic rings. The Morgan fingerprint density at radius 1 is 1.14 bits per heavy atom. The van der Waals surface area contributed by atoms with Crippen LogP contribution in [0.25, 0.3) is 0 Å². The van der Waals surface area contributed by atoms with Crippen LogP contribution < -0.4 is 10.6 Å². The number of anilines is 1. The van der Waals surface area contributed by atoms with Gasteiger partial charge in [-0.1, -0.05) is 17.7 Å². The summed E-state index contributed by atoms with van der Waals surface area (Å²) in [6.07, 6.45) is 0.329. The number of carbonyl (C=O) groups is 3. The van der Waals surface area contributed by atoms with E-state index in [0.717, 1.165) is 16.5 Å². The van der Waals surface area contributed by atoms with E-state index < -0.39 is 22.8 Å². The Bertz CT molecular complexity index is 1020. The molecule has 1 aliphatic rings. The number of aryl methyl sites for hydroxylation is 1. The number of amides is 4. The maximum Gasteiger partial charge on any atom is 0.319 e. The molecule has 0 spiro atoms. The van der Waals surface area contributed by atoms with Crippen LogP contribution in [0.15, 0.2) is 36.4 Å². The summed E-state index contributed by atoms with van der Waals surface area (Å²) in [6, 6.07) is 8.28. The zero-order valence-corrected chi connectivity index (χ0v) is 16.2. The molecule has 0 fully saturated rings. The predicted octanol–water partition coefficient (Wildman–Crippen LogP) is 3.36. The Labute approximate surface area is 170 Å². The van der Waals surface area contributed by atoms with E-state index in [9.17, 15) is 24.5 Å². The number of urea groups is 1. The smallest absolute Gasteiger partial charge is 0.319 e. The molecule has 0 atom stereocenters. The molecular weight excluding hydrogens is 400 g/mol. The Morgan fingerprint density at radius 3 is 2.55 bits per heavy atom. The van der Waals surface area contributed by atoms with Gasteiger partial charge in [0.2, 0.25) is 0 Å². The first-order valence-electron chi connectivity index (χ1n) is 8.73. The van der Waals surface area contributed by atoms with Crippen LogP contribution in [-0.4, -0.2) is 40.8 Å². The van der Waals surface area contributed by atoms with Crippen LogP contribution in [0.3, 0.4) is 0 Å². The lowest BCUT2D eigenvalue weighted by Crippen LogP contribution is -2.35. The van der Waals surface area contributed by atoms with E-state index in [0.29, 0.717) is 17.1 Å². The molecule has 0 aromatic heterocycles. The maximum atomic E-state index is 12.4. The van der Waals surface area contributed by atoms with Crippen molar-refractivity contribution in [3.8, 4) is 0 Å². The Hall–Kier alpha value is -3.46. The maximum absolute atomic E-state index is 12.4. The lowest BCUT2D eigenvalue weighted by molar-refractivity contribution is -0.384. The number of non-ortho nitro benzene ring substituents is 1. The number of imide groups is 1. The highest BCUT2D eigenvalue weighted by Crippen LogP contribution is 2.26. The fraction of sp³-hybridized carbons (Fsp3) is 0.211. The van der Waals surface area contributed by atoms with Gasteiger partial charge in [0, 0.05) is 35.9 Å². The lowest BCUT2D eigenvalue weighted by Gasteiger charge is -2.14. The highest BCUT2D eigenvalue weighted by molar-refractivity contribution is 6.31. The molecule has 0 saturated carbocycles. The SMILES string of the molecule is Cc1ccc(NC(=O)NCCCN2C(=O)c3ccc([N+](=O)[O-])cc3C2=O)cc1Cl. The zero-order chi connectivity index (χ0) is 21.1. The van der Waals surface area contributed by atoms with Crippen LogP contribution in [0.1, 0.15) is 32.7 Å². The molecule has 1 aliphatic heterocycles. The third kappa shape index (κ3) is 4.35. The van der Waals surface area contributed by atoms with Crippen LogP contribution in [0.2, 0.25) is 5.02 Å². The van der Waals surface area contributed by atoms with Crippen LogP contribution in [0.5, 0.6) is 0 Å². The number of nitrogens with one attached hydrogen (secondary N) is 2. The van der Waals surface area contributed by atoms with Gasteiger partial charge in [-0.3, -0.25) is 24.6 Å². The number of hydrogen-bond acceptors (Lipinski definition) is 5. The van der Waals surface area contributed by atoms with Gasteiger partial charge in [-0.15, -0.1) is 0 Å². The summed E-state index contributed by atoms with van der Waals surface area (Å²) in [4.78, 5) is 47.9. The summed E-state index contributed by atoms with van der Waals surface area (Å²) in [5.41, 5.74) is 1.35. The molecule has 1 heterocycles. The van der Waals surface area contributed by atoms with Gasteiger partial charge >= 0.3 is 6.03 Å². The molecule has 10 heteroatoms. The molecule has 0 radical (unpaired) electrons. The van der Waals surface area contributed by atoms with Crippen molar-refractivity contribution in [2.75, 3.05) is 18.4 Å². The standard InChI is InChI=1S/C19H17ClN4O5/c1-11-3-4-12(9-16(11)20)22-19(27)21-7-2-8-23-17(25)14-6-5-13(24(28)29)10-15(14)18(23)26/h3-6,9-10H,2,7-8H2,1H3,(H2,21,22,27). The predicted molar refractivity (Wildman–Crippen MR) is 106 cm³/mol. The number of halogens is 1. The summed E-state index contributed by atoms with van der Waals surface area (Å²) >= 11 is 6.01. The monoisotopic (exact) mass is 416 g/mol. The van der Waals surface area contributed by atoms with E-state index in [1.807, 2.05) is 6.92 Å². The van der Waals surface area contributed by atoms with Gasteiger partial charge in [0.25, 0.3) is 17.5 Å². The van der Waals surface area contributed by atoms with Crippen LogP contribution in [-0.2, 0) is 0 Å². The van der Waals surface area contributed by atoms with Crippen molar-refractivity contribution < 1.29 is 19.3 Å². The number of fused-ring (bicyclic) bond motifs is 1. The number of benzene rings is 2. The molecule has 2 N–H and O–H groups in total. The van der Waals surface area contributed by atoms with Crippen LogP contribution in [0.4, 0.5) is 16.2 Å². The zero-order valence-electron chi connectivity index (χ0n) is 15.4. The van der Waals surface area contributed by atoms with Crippen molar-refractivity contribution in [3.63, 3.8) is 0 Å². The molecule has 4 amide bonds. The molecule has 0 saturated heterocycles. The average molecular weight is 417 g/mol. The second kappa shape index (κ2) is 8.27. The van der Waals surface area contributed by atoms with Crippen molar-refractivity contribution >= 4 is 40.8 Å². The van der Waals surface area contributed by atoms with Gasteiger partial charge in [0.15, 0.2) is 0 Å². The highest BCUT2D eigenvalue weighted by atomic mass is 35.5. The number of rotatable bonds is 6. The molecule has 29 heavy (non-hydrogen) atoms. The lowest BCUT2D eigenvalue weighted by atomic mass is 10.1. The Kier molecular flexibility index (Phi) is 5.79. The second-order valence-electron chi connectivity index (χ2n) is 6.45. The van der Waals surface area contributed by atoms with E-state index >= 15 is 0 Å². The van der Waals surface area contributed by atoms with Crippen molar-refractivity contribution in [2.24, 2.45) is 0 Å². The highest BCUT2D eigenvalue weighted by Gasteiger charge is 2.36. The summed E-state index contributed by atoms with van der Waals surface area (Å²) in [5, 5.41) is 16.7. The van der Waals surface area contributed by atoms with Crippen LogP contribution in [0, 0.1) is 17.0 Å². The second-order valence-corrected chi connectivity index (χ2v) is 6.85. The largest absolute Gasteiger partial charge is 0.338 e. The summed E-state index contributed by atoms with van der Waals surface area (Å²) in [6.45, 7) is 2.15. The van der Waals surface area contributed by atoms with E-state index in [4.69, 9.17) is 11.6 Å². The van der Waals surface area contributed by atoms with Crippen molar-refractivity contribution in [1.29, 1.82) is 0 Å². The first kappa shape index (κ1) is 20.3. The number of carbonyl (C=O) groups excluding carboxylic acids is 3. The van der Waals surface area contributed by atoms with Crippen molar-refractivity contribution in [3.05, 3.63) is 68.2 Å². The van der Waals surface area contributed by atoms with Crippen LogP contribution >= 0.6 is 11.6 Å². The number of nitrogens with zero attached hydrogens (tertiary/aromatic N) is 2. The molecule has 2 aromatic carbocycles. The normalized spacial score (nSPS) is 12.7. The molecule has 9 nitrogen and oxygen atoms in total. The minimum atomic E-state index is -0.621. The molecule has 0 aliphatic carbocycles. The molecule has 150 valence electrons. The van der Waals surface area contributed by atoms with Crippen molar-refractivity contribution in [1.82, 2.24) is 10.2 Å². The van der Waals surface area contributed by atoms with E-state index in [1.54, 1.807) is 18.2 Å².